The van der Waals surface area contributed by atoms with Crippen LogP contribution < -0.4 is 11.2 Å². The van der Waals surface area contributed by atoms with E-state index in [1.807, 2.05) is 0 Å². The lowest BCUT2D eigenvalue weighted by atomic mass is 10.2. The van der Waals surface area contributed by atoms with Gasteiger partial charge in [-0.25, -0.2) is 14.2 Å². The van der Waals surface area contributed by atoms with E-state index < -0.39 is 23.0 Å². The Hall–Kier alpha value is -2.59. The molecule has 0 aliphatic heterocycles. The minimum absolute atomic E-state index is 0.0605. The summed E-state index contributed by atoms with van der Waals surface area (Å²) in [6.07, 6.45) is 0. The molecule has 8 nitrogen and oxygen atoms in total. The molecule has 0 aliphatic rings. The number of hydrogen-bond donors (Lipinski definition) is 1. The highest BCUT2D eigenvalue weighted by molar-refractivity contribution is 7.99. The van der Waals surface area contributed by atoms with Crippen LogP contribution in [0.4, 0.5) is 4.39 Å². The molecule has 0 radical (unpaired) electrons. The Morgan fingerprint density at radius 2 is 2.00 bits per heavy atom. The molecule has 0 atom stereocenters. The fourth-order valence-corrected chi connectivity index (χ4v) is 3.57. The van der Waals surface area contributed by atoms with Crippen LogP contribution in [-0.4, -0.2) is 35.5 Å². The molecular formula is C16H14ClFN4O4S. The molecule has 11 heteroatoms. The number of carbonyl (C=O) groups is 1. The topological polar surface area (TPSA) is 99.1 Å². The van der Waals surface area contributed by atoms with Crippen molar-refractivity contribution < 1.29 is 14.3 Å². The number of benzene rings is 1. The average molecular weight is 413 g/mol. The Morgan fingerprint density at radius 1 is 1.30 bits per heavy atom. The van der Waals surface area contributed by atoms with Gasteiger partial charge in [-0.15, -0.1) is 0 Å². The van der Waals surface area contributed by atoms with Crippen LogP contribution in [0.5, 0.6) is 0 Å². The lowest BCUT2D eigenvalue weighted by Crippen LogP contribution is -2.37. The third kappa shape index (κ3) is 3.50. The van der Waals surface area contributed by atoms with Crippen LogP contribution in [0.15, 0.2) is 32.9 Å². The lowest BCUT2D eigenvalue weighted by Gasteiger charge is -2.10. The molecule has 0 saturated heterocycles. The molecular weight excluding hydrogens is 399 g/mol. The van der Waals surface area contributed by atoms with E-state index in [-0.39, 0.29) is 33.6 Å². The molecule has 1 N–H and O–H groups in total. The highest BCUT2D eigenvalue weighted by Crippen LogP contribution is 2.25. The Balaban J connectivity index is 2.26. The van der Waals surface area contributed by atoms with Gasteiger partial charge in [-0.1, -0.05) is 29.4 Å². The number of halogens is 2. The number of rotatable bonds is 5. The van der Waals surface area contributed by atoms with Crippen molar-refractivity contribution in [3.8, 4) is 0 Å². The van der Waals surface area contributed by atoms with Gasteiger partial charge in [0.2, 0.25) is 0 Å². The van der Waals surface area contributed by atoms with Crippen molar-refractivity contribution in [1.29, 1.82) is 0 Å². The highest BCUT2D eigenvalue weighted by atomic mass is 35.5. The van der Waals surface area contributed by atoms with Gasteiger partial charge >= 0.3 is 11.7 Å². The predicted octanol–water partition coefficient (Wildman–Crippen LogP) is 1.45. The van der Waals surface area contributed by atoms with Crippen molar-refractivity contribution in [2.75, 3.05) is 5.75 Å². The smallest absolute Gasteiger partial charge is 0.332 e. The summed E-state index contributed by atoms with van der Waals surface area (Å²) in [6, 6.07) is 3.85. The Morgan fingerprint density at radius 3 is 2.63 bits per heavy atom. The summed E-state index contributed by atoms with van der Waals surface area (Å²) in [5.74, 6) is -1.84. The summed E-state index contributed by atoms with van der Waals surface area (Å²) in [7, 11) is 2.81. The molecule has 1 aromatic carbocycles. The van der Waals surface area contributed by atoms with Gasteiger partial charge in [0.15, 0.2) is 16.3 Å². The predicted molar refractivity (Wildman–Crippen MR) is 99.1 cm³/mol. The first-order valence-corrected chi connectivity index (χ1v) is 9.01. The van der Waals surface area contributed by atoms with Gasteiger partial charge in [0.25, 0.3) is 5.56 Å². The molecule has 2 aromatic heterocycles. The second kappa shape index (κ2) is 7.20. The van der Waals surface area contributed by atoms with E-state index >= 15 is 0 Å². The minimum atomic E-state index is -1.06. The summed E-state index contributed by atoms with van der Waals surface area (Å²) < 4.78 is 17.0. The molecule has 0 bridgehead atoms. The molecule has 0 aliphatic carbocycles. The maximum atomic E-state index is 13.3. The van der Waals surface area contributed by atoms with Crippen molar-refractivity contribution >= 4 is 40.5 Å². The number of imidazole rings is 1. The lowest BCUT2D eigenvalue weighted by molar-refractivity contribution is -0.133. The van der Waals surface area contributed by atoms with E-state index in [0.717, 1.165) is 22.4 Å². The Labute approximate surface area is 160 Å². The van der Waals surface area contributed by atoms with Gasteiger partial charge in [0.1, 0.15) is 5.82 Å². The van der Waals surface area contributed by atoms with Crippen LogP contribution in [0.2, 0.25) is 5.02 Å². The summed E-state index contributed by atoms with van der Waals surface area (Å²) in [6.45, 7) is 0.0605. The van der Waals surface area contributed by atoms with E-state index in [4.69, 9.17) is 16.7 Å². The Bertz CT molecular complexity index is 1180. The van der Waals surface area contributed by atoms with Crippen LogP contribution in [0.3, 0.4) is 0 Å². The zero-order valence-corrected chi connectivity index (χ0v) is 15.8. The van der Waals surface area contributed by atoms with Crippen LogP contribution in [-0.2, 0) is 25.4 Å². The van der Waals surface area contributed by atoms with E-state index in [1.54, 1.807) is 0 Å². The molecule has 142 valence electrons. The highest BCUT2D eigenvalue weighted by Gasteiger charge is 2.21. The molecule has 3 rings (SSSR count). The number of fused-ring (bicyclic) bond motifs is 1. The fraction of sp³-hybridized carbons (Fsp3) is 0.250. The number of hydrogen-bond acceptors (Lipinski definition) is 5. The van der Waals surface area contributed by atoms with Crippen molar-refractivity contribution in [1.82, 2.24) is 18.7 Å². The maximum Gasteiger partial charge on any atom is 0.332 e. The second-order valence-electron chi connectivity index (χ2n) is 5.78. The molecule has 0 unspecified atom stereocenters. The fourth-order valence-electron chi connectivity index (χ4n) is 2.63. The number of nitrogens with zero attached hydrogens (tertiary/aromatic N) is 4. The van der Waals surface area contributed by atoms with E-state index in [1.165, 1.54) is 35.4 Å². The monoisotopic (exact) mass is 412 g/mol. The standard InChI is InChI=1S/C16H14ClFN4O4S/c1-20-13-12(14(25)21(2)16(20)26)22(15(19-13)27-7-11(23)24)6-8-3-4-9(18)5-10(8)17/h3-5H,6-7H2,1-2H3,(H,23,24). The number of aliphatic carboxylic acids is 1. The third-order valence-corrected chi connectivity index (χ3v) is 5.29. The quantitative estimate of drug-likeness (QED) is 0.637. The van der Waals surface area contributed by atoms with Gasteiger partial charge in [-0.2, -0.15) is 0 Å². The van der Waals surface area contributed by atoms with Crippen LogP contribution in [0, 0.1) is 5.82 Å². The van der Waals surface area contributed by atoms with E-state index in [0.29, 0.717) is 5.56 Å². The zero-order chi connectivity index (χ0) is 19.9. The summed E-state index contributed by atoms with van der Waals surface area (Å²) in [4.78, 5) is 40.1. The van der Waals surface area contributed by atoms with E-state index in [2.05, 4.69) is 4.98 Å². The molecule has 0 fully saturated rings. The first-order valence-electron chi connectivity index (χ1n) is 7.65. The molecule has 27 heavy (non-hydrogen) atoms. The van der Waals surface area contributed by atoms with Crippen molar-refractivity contribution in [3.63, 3.8) is 0 Å². The number of aryl methyl sites for hydroxylation is 1. The minimum Gasteiger partial charge on any atom is -0.481 e. The summed E-state index contributed by atoms with van der Waals surface area (Å²) in [5.41, 5.74) is -0.333. The maximum absolute atomic E-state index is 13.3. The summed E-state index contributed by atoms with van der Waals surface area (Å²) in [5, 5.41) is 9.36. The van der Waals surface area contributed by atoms with Gasteiger partial charge < -0.3 is 9.67 Å². The average Bonchev–Trinajstić information content (AvgIpc) is 2.97. The molecule has 0 saturated carbocycles. The summed E-state index contributed by atoms with van der Waals surface area (Å²) >= 11 is 7.00. The van der Waals surface area contributed by atoms with Gasteiger partial charge in [0, 0.05) is 19.1 Å². The van der Waals surface area contributed by atoms with Gasteiger partial charge in [-0.05, 0) is 17.7 Å². The van der Waals surface area contributed by atoms with Crippen LogP contribution in [0.25, 0.3) is 11.2 Å². The molecule has 2 heterocycles. The molecule has 3 aromatic rings. The number of thioether (sulfide) groups is 1. The Kier molecular flexibility index (Phi) is 5.11. The number of carboxylic acids is 1. The second-order valence-corrected chi connectivity index (χ2v) is 7.13. The van der Waals surface area contributed by atoms with Crippen LogP contribution in [0.1, 0.15) is 5.56 Å². The first kappa shape index (κ1) is 19.2. The zero-order valence-electron chi connectivity index (χ0n) is 14.3. The van der Waals surface area contributed by atoms with E-state index in [9.17, 15) is 18.8 Å². The van der Waals surface area contributed by atoms with Crippen molar-refractivity contribution in [3.05, 3.63) is 55.4 Å². The molecule has 0 spiro atoms. The first-order chi connectivity index (χ1) is 12.7. The van der Waals surface area contributed by atoms with Gasteiger partial charge in [0.05, 0.1) is 12.3 Å². The third-order valence-electron chi connectivity index (χ3n) is 3.98. The normalized spacial score (nSPS) is 11.3. The largest absolute Gasteiger partial charge is 0.481 e. The van der Waals surface area contributed by atoms with Crippen molar-refractivity contribution in [2.45, 2.75) is 11.7 Å². The number of aromatic nitrogens is 4. The van der Waals surface area contributed by atoms with Crippen LogP contribution >= 0.6 is 23.4 Å². The van der Waals surface area contributed by atoms with Gasteiger partial charge in [-0.3, -0.25) is 18.7 Å². The number of carboxylic acid groups (broad SMARTS) is 1. The SMILES string of the molecule is Cn1c(=O)c2c(nc(SCC(=O)O)n2Cc2ccc(F)cc2Cl)n(C)c1=O. The molecule has 0 amide bonds. The van der Waals surface area contributed by atoms with Crippen molar-refractivity contribution in [2.24, 2.45) is 14.1 Å².